The van der Waals surface area contributed by atoms with Gasteiger partial charge < -0.3 is 38.1 Å². The van der Waals surface area contributed by atoms with Gasteiger partial charge in [0.25, 0.3) is 7.82 Å². The number of hydrogen-bond acceptors (Lipinski definition) is 10. The molecule has 0 saturated carbocycles. The standard InChI is InChI=1S/C48H84NO10P/c1-6-8-10-12-14-15-16-17-18-19-20-21-22-23-24-25-26-30-34-38-47(52)56-42-44(43-58-60(54,55)57-41-40-49(3,4)5)59-48(53)39-35-31-27-29-33-37-46(51)45(50)36-32-28-13-11-9-7-2/h14-15,17-18,20-21,23-24,26,28,30,32,44-46,50-51H,6-13,16,19,22,25,27,29,31,33-43H2,1-5H3/b15-14-,18-17-,21-20-,24-23-,30-26-,32-28-/t44-,45+,46+/m1/s1. The fraction of sp³-hybridized carbons (Fsp3) is 0.708. The Bertz CT molecular complexity index is 1290. The lowest BCUT2D eigenvalue weighted by Gasteiger charge is -2.28. The maximum absolute atomic E-state index is 12.7. The molecule has 60 heavy (non-hydrogen) atoms. The Hall–Kier alpha value is -2.63. The summed E-state index contributed by atoms with van der Waals surface area (Å²) < 4.78 is 33.7. The van der Waals surface area contributed by atoms with Gasteiger partial charge in [0.15, 0.2) is 6.10 Å². The first kappa shape index (κ1) is 57.4. The third kappa shape index (κ3) is 40.8. The van der Waals surface area contributed by atoms with Gasteiger partial charge in [0.1, 0.15) is 19.8 Å². The maximum atomic E-state index is 12.7. The van der Waals surface area contributed by atoms with Crippen LogP contribution in [0.3, 0.4) is 0 Å². The molecule has 12 heteroatoms. The average Bonchev–Trinajstić information content (AvgIpc) is 3.19. The third-order valence-electron chi connectivity index (χ3n) is 9.41. The molecule has 2 N–H and O–H groups in total. The van der Waals surface area contributed by atoms with E-state index in [9.17, 15) is 29.3 Å². The van der Waals surface area contributed by atoms with Crippen LogP contribution in [0.15, 0.2) is 72.9 Å². The first-order valence-electron chi connectivity index (χ1n) is 22.8. The Morgan fingerprint density at radius 1 is 0.600 bits per heavy atom. The molecule has 0 bridgehead atoms. The van der Waals surface area contributed by atoms with Crippen molar-refractivity contribution >= 4 is 19.8 Å². The zero-order valence-corrected chi connectivity index (χ0v) is 39.0. The predicted molar refractivity (Wildman–Crippen MR) is 243 cm³/mol. The number of phosphoric ester groups is 1. The second kappa shape index (κ2) is 39.2. The molecule has 0 amide bonds. The van der Waals surface area contributed by atoms with E-state index in [2.05, 4.69) is 68.5 Å². The number of rotatable bonds is 40. The van der Waals surface area contributed by atoms with Crippen LogP contribution in [0.2, 0.25) is 0 Å². The summed E-state index contributed by atoms with van der Waals surface area (Å²) in [6, 6.07) is 0. The Morgan fingerprint density at radius 3 is 1.68 bits per heavy atom. The molecule has 4 atom stereocenters. The summed E-state index contributed by atoms with van der Waals surface area (Å²) in [5.41, 5.74) is 0. The van der Waals surface area contributed by atoms with E-state index in [1.54, 1.807) is 0 Å². The quantitative estimate of drug-likeness (QED) is 0.0200. The first-order valence-corrected chi connectivity index (χ1v) is 24.3. The molecule has 11 nitrogen and oxygen atoms in total. The van der Waals surface area contributed by atoms with Crippen LogP contribution < -0.4 is 4.89 Å². The molecule has 346 valence electrons. The first-order chi connectivity index (χ1) is 28.8. The van der Waals surface area contributed by atoms with Crippen molar-refractivity contribution in [2.75, 3.05) is 47.5 Å². The summed E-state index contributed by atoms with van der Waals surface area (Å²) in [5.74, 6) is -1.05. The van der Waals surface area contributed by atoms with E-state index in [1.165, 1.54) is 38.5 Å². The molecule has 0 aromatic heterocycles. The number of unbranched alkanes of at least 4 members (excludes halogenated alkanes) is 10. The molecule has 0 heterocycles. The number of ether oxygens (including phenoxy) is 2. The van der Waals surface area contributed by atoms with Gasteiger partial charge in [-0.2, -0.15) is 0 Å². The Morgan fingerprint density at radius 2 is 1.12 bits per heavy atom. The molecule has 0 saturated heterocycles. The fourth-order valence-electron chi connectivity index (χ4n) is 5.66. The SMILES string of the molecule is CCCCC/C=C\C/C=C\C/C=C\C/C=C\C/C=C\CCC(=O)OC[C@H](COP(=O)([O-])OCC[N+](C)(C)C)OC(=O)CCCCCCC[C@H](O)[C@@H](O)C/C=C\CCCCC. The summed E-state index contributed by atoms with van der Waals surface area (Å²) in [6.07, 6.45) is 41.1. The lowest BCUT2D eigenvalue weighted by Crippen LogP contribution is -2.37. The van der Waals surface area contributed by atoms with Crippen molar-refractivity contribution in [3.8, 4) is 0 Å². The van der Waals surface area contributed by atoms with Crippen molar-refractivity contribution in [2.24, 2.45) is 0 Å². The Kier molecular flexibility index (Phi) is 37.5. The number of nitrogens with zero attached hydrogens (tertiary/aromatic N) is 1. The van der Waals surface area contributed by atoms with E-state index in [4.69, 9.17) is 18.5 Å². The normalized spacial score (nSPS) is 15.3. The summed E-state index contributed by atoms with van der Waals surface area (Å²) in [4.78, 5) is 37.6. The number of esters is 2. The molecule has 0 aliphatic carbocycles. The minimum Gasteiger partial charge on any atom is -0.756 e. The van der Waals surface area contributed by atoms with Gasteiger partial charge in [-0.3, -0.25) is 14.2 Å². The molecule has 0 aliphatic heterocycles. The number of likely N-dealkylation sites (N-methyl/N-ethyl adjacent to an activating group) is 1. The molecule has 0 fully saturated rings. The lowest BCUT2D eigenvalue weighted by molar-refractivity contribution is -0.870. The highest BCUT2D eigenvalue weighted by molar-refractivity contribution is 7.45. The summed E-state index contributed by atoms with van der Waals surface area (Å²) in [7, 11) is 1.02. The minimum absolute atomic E-state index is 0.0737. The van der Waals surface area contributed by atoms with Crippen molar-refractivity contribution < 1.29 is 52.3 Å². The monoisotopic (exact) mass is 866 g/mol. The van der Waals surface area contributed by atoms with Crippen molar-refractivity contribution in [2.45, 2.75) is 173 Å². The maximum Gasteiger partial charge on any atom is 0.306 e. The Balaban J connectivity index is 4.59. The highest BCUT2D eigenvalue weighted by Gasteiger charge is 2.22. The van der Waals surface area contributed by atoms with Crippen LogP contribution in [-0.4, -0.2) is 92.5 Å². The second-order valence-electron chi connectivity index (χ2n) is 16.4. The predicted octanol–water partition coefficient (Wildman–Crippen LogP) is 10.3. The summed E-state index contributed by atoms with van der Waals surface area (Å²) >= 11 is 0. The number of carbonyl (C=O) groups excluding carboxylic acids is 2. The number of carbonyl (C=O) groups is 2. The van der Waals surface area contributed by atoms with E-state index in [1.807, 2.05) is 39.4 Å². The topological polar surface area (TPSA) is 152 Å². The number of allylic oxidation sites excluding steroid dienone is 11. The van der Waals surface area contributed by atoms with Crippen LogP contribution in [0, 0.1) is 0 Å². The van der Waals surface area contributed by atoms with Crippen molar-refractivity contribution in [1.82, 2.24) is 0 Å². The van der Waals surface area contributed by atoms with Crippen LogP contribution >= 0.6 is 7.82 Å². The lowest BCUT2D eigenvalue weighted by atomic mass is 10.0. The van der Waals surface area contributed by atoms with Gasteiger partial charge in [-0.1, -0.05) is 138 Å². The van der Waals surface area contributed by atoms with Gasteiger partial charge in [0.05, 0.1) is 40.0 Å². The molecule has 1 unspecified atom stereocenters. The van der Waals surface area contributed by atoms with Crippen molar-refractivity contribution in [1.29, 1.82) is 0 Å². The largest absolute Gasteiger partial charge is 0.756 e. The fourth-order valence-corrected chi connectivity index (χ4v) is 6.39. The van der Waals surface area contributed by atoms with Gasteiger partial charge in [-0.25, -0.2) is 0 Å². The van der Waals surface area contributed by atoms with Gasteiger partial charge >= 0.3 is 11.9 Å². The van der Waals surface area contributed by atoms with Crippen LogP contribution in [0.4, 0.5) is 0 Å². The van der Waals surface area contributed by atoms with Crippen molar-refractivity contribution in [3.63, 3.8) is 0 Å². The zero-order valence-electron chi connectivity index (χ0n) is 38.1. The molecular weight excluding hydrogens is 781 g/mol. The van der Waals surface area contributed by atoms with E-state index >= 15 is 0 Å². The van der Waals surface area contributed by atoms with E-state index in [0.717, 1.165) is 64.2 Å². The minimum atomic E-state index is -4.69. The molecule has 0 rings (SSSR count). The molecular formula is C48H84NO10P. The van der Waals surface area contributed by atoms with E-state index in [-0.39, 0.29) is 26.1 Å². The molecule has 0 spiro atoms. The molecule has 0 aromatic carbocycles. The highest BCUT2D eigenvalue weighted by atomic mass is 31.2. The van der Waals surface area contributed by atoms with E-state index < -0.39 is 44.7 Å². The van der Waals surface area contributed by atoms with Crippen LogP contribution in [0.5, 0.6) is 0 Å². The number of hydrogen-bond donors (Lipinski definition) is 2. The zero-order chi connectivity index (χ0) is 44.6. The summed E-state index contributed by atoms with van der Waals surface area (Å²) in [5, 5.41) is 20.5. The number of aliphatic hydroxyl groups excluding tert-OH is 2. The summed E-state index contributed by atoms with van der Waals surface area (Å²) in [6.45, 7) is 3.85. The van der Waals surface area contributed by atoms with Crippen LogP contribution in [0.25, 0.3) is 0 Å². The smallest absolute Gasteiger partial charge is 0.306 e. The molecule has 0 aliphatic rings. The van der Waals surface area contributed by atoms with Gasteiger partial charge in [0.2, 0.25) is 0 Å². The van der Waals surface area contributed by atoms with Gasteiger partial charge in [-0.15, -0.1) is 0 Å². The number of quaternary nitrogens is 1. The Labute approximate surface area is 364 Å². The molecule has 0 radical (unpaired) electrons. The highest BCUT2D eigenvalue weighted by Crippen LogP contribution is 2.38. The second-order valence-corrected chi connectivity index (χ2v) is 17.8. The van der Waals surface area contributed by atoms with Crippen LogP contribution in [-0.2, 0) is 32.7 Å². The van der Waals surface area contributed by atoms with Gasteiger partial charge in [-0.05, 0) is 77.0 Å². The molecule has 0 aromatic rings. The van der Waals surface area contributed by atoms with Crippen molar-refractivity contribution in [3.05, 3.63) is 72.9 Å². The number of phosphoric acid groups is 1. The van der Waals surface area contributed by atoms with Gasteiger partial charge in [0, 0.05) is 12.8 Å². The number of aliphatic hydroxyl groups is 2. The average molecular weight is 866 g/mol. The van der Waals surface area contributed by atoms with Crippen LogP contribution in [0.1, 0.15) is 155 Å². The third-order valence-corrected chi connectivity index (χ3v) is 10.4. The van der Waals surface area contributed by atoms with E-state index in [0.29, 0.717) is 36.7 Å².